The van der Waals surface area contributed by atoms with Crippen molar-refractivity contribution in [1.82, 2.24) is 4.68 Å². The lowest BCUT2D eigenvalue weighted by Crippen LogP contribution is -2.11. The van der Waals surface area contributed by atoms with Crippen LogP contribution in [0.2, 0.25) is 0 Å². The minimum absolute atomic E-state index is 0.746. The number of hydrogen-bond acceptors (Lipinski definition) is 2. The first-order valence-electron chi connectivity index (χ1n) is 5.09. The highest BCUT2D eigenvalue weighted by Gasteiger charge is 2.07. The molecule has 1 heterocycles. The predicted molar refractivity (Wildman–Crippen MR) is 75.9 cm³/mol. The molecule has 5 heteroatoms. The maximum absolute atomic E-state index is 5.26. The molecule has 1 aromatic carbocycles. The average molecular weight is 360 g/mol. The lowest BCUT2D eigenvalue weighted by Gasteiger charge is -2.11. The van der Waals surface area contributed by atoms with E-state index in [0.29, 0.717) is 0 Å². The minimum atomic E-state index is 0.746. The summed E-state index contributed by atoms with van der Waals surface area (Å²) in [6, 6.07) is 8.04. The van der Waals surface area contributed by atoms with E-state index in [1.807, 2.05) is 41.3 Å². The molecular weight excluding hydrogens is 348 g/mol. The Hall–Kier alpha value is -0.940. The van der Waals surface area contributed by atoms with Gasteiger partial charge in [0.15, 0.2) is 0 Å². The van der Waals surface area contributed by atoms with Crippen LogP contribution in [0.4, 0.5) is 0 Å². The van der Waals surface area contributed by atoms with Crippen LogP contribution in [0.5, 0.6) is 5.75 Å². The zero-order chi connectivity index (χ0) is 12.3. The lowest BCUT2D eigenvalue weighted by atomic mass is 10.2. The summed E-state index contributed by atoms with van der Waals surface area (Å²) in [5.41, 5.74) is 4.43. The van der Waals surface area contributed by atoms with Gasteiger partial charge in [0.25, 0.3) is 0 Å². The highest BCUT2D eigenvalue weighted by Crippen LogP contribution is 2.34. The first-order valence-corrected chi connectivity index (χ1v) is 6.68. The second kappa shape index (κ2) is 5.60. The van der Waals surface area contributed by atoms with Gasteiger partial charge in [-0.15, -0.1) is 0 Å². The number of benzene rings is 1. The van der Waals surface area contributed by atoms with Gasteiger partial charge in [0.1, 0.15) is 5.75 Å². The van der Waals surface area contributed by atoms with E-state index in [4.69, 9.17) is 4.74 Å². The molecule has 2 aromatic rings. The molecule has 0 amide bonds. The average Bonchev–Trinajstić information content (AvgIpc) is 2.79. The van der Waals surface area contributed by atoms with E-state index in [1.165, 1.54) is 5.56 Å². The molecule has 0 aliphatic heterocycles. The highest BCUT2D eigenvalue weighted by atomic mass is 79.9. The summed E-state index contributed by atoms with van der Waals surface area (Å²) in [7, 11) is 1.66. The monoisotopic (exact) mass is 358 g/mol. The molecule has 2 rings (SSSR count). The largest absolute Gasteiger partial charge is 0.494 e. The predicted octanol–water partition coefficient (Wildman–Crippen LogP) is 3.77. The number of halogens is 2. The van der Waals surface area contributed by atoms with Gasteiger partial charge in [-0.2, -0.15) is 0 Å². The van der Waals surface area contributed by atoms with Gasteiger partial charge >= 0.3 is 0 Å². The molecule has 0 fully saturated rings. The molecule has 0 saturated heterocycles. The Morgan fingerprint density at radius 2 is 1.76 bits per heavy atom. The van der Waals surface area contributed by atoms with Crippen LogP contribution in [-0.4, -0.2) is 11.8 Å². The Morgan fingerprint density at radius 1 is 1.18 bits per heavy atom. The van der Waals surface area contributed by atoms with Crippen LogP contribution in [0, 0.1) is 0 Å². The van der Waals surface area contributed by atoms with Gasteiger partial charge in [-0.25, -0.2) is 0 Å². The minimum Gasteiger partial charge on any atom is -0.494 e. The molecule has 1 aromatic heterocycles. The van der Waals surface area contributed by atoms with Crippen molar-refractivity contribution in [3.05, 3.63) is 51.2 Å². The summed E-state index contributed by atoms with van der Waals surface area (Å²) >= 11 is 6.97. The maximum atomic E-state index is 5.26. The molecular formula is C12H12Br2N2O. The van der Waals surface area contributed by atoms with Crippen LogP contribution in [0.15, 0.2) is 45.6 Å². The molecule has 0 aliphatic carbocycles. The third-order valence-electron chi connectivity index (χ3n) is 2.33. The summed E-state index contributed by atoms with van der Waals surface area (Å²) in [5.74, 6) is 0.815. The number of nitrogens with one attached hydrogen (secondary N) is 1. The number of rotatable bonds is 4. The second-order valence-corrected chi connectivity index (χ2v) is 5.23. The van der Waals surface area contributed by atoms with Crippen LogP contribution < -0.4 is 10.2 Å². The molecule has 3 nitrogen and oxygen atoms in total. The van der Waals surface area contributed by atoms with Crippen molar-refractivity contribution in [2.45, 2.75) is 6.54 Å². The highest BCUT2D eigenvalue weighted by molar-refractivity contribution is 9.11. The first-order chi connectivity index (χ1) is 8.20. The summed E-state index contributed by atoms with van der Waals surface area (Å²) in [4.78, 5) is 0. The van der Waals surface area contributed by atoms with E-state index in [0.717, 1.165) is 21.2 Å². The standard InChI is InChI=1S/C12H12Br2N2O/c1-17-12-10(13)6-9(7-11(12)14)8-15-16-4-2-3-5-16/h2-7,15H,8H2,1H3. The molecule has 0 bridgehead atoms. The molecule has 0 saturated carbocycles. The molecule has 0 atom stereocenters. The number of nitrogens with zero attached hydrogens (tertiary/aromatic N) is 1. The van der Waals surface area contributed by atoms with Crippen LogP contribution in [0.25, 0.3) is 0 Å². The van der Waals surface area contributed by atoms with Gasteiger partial charge in [0.05, 0.1) is 22.6 Å². The van der Waals surface area contributed by atoms with Crippen molar-refractivity contribution >= 4 is 31.9 Å². The van der Waals surface area contributed by atoms with E-state index in [2.05, 4.69) is 37.3 Å². The fourth-order valence-electron chi connectivity index (χ4n) is 1.53. The Bertz CT molecular complexity index is 474. The van der Waals surface area contributed by atoms with E-state index in [1.54, 1.807) is 7.11 Å². The zero-order valence-corrected chi connectivity index (χ0v) is 12.5. The number of methoxy groups -OCH3 is 1. The van der Waals surface area contributed by atoms with Gasteiger partial charge < -0.3 is 10.2 Å². The van der Waals surface area contributed by atoms with Gasteiger partial charge in [-0.3, -0.25) is 4.68 Å². The van der Waals surface area contributed by atoms with Gasteiger partial charge in [-0.1, -0.05) is 0 Å². The molecule has 90 valence electrons. The molecule has 1 N–H and O–H groups in total. The third kappa shape index (κ3) is 3.04. The topological polar surface area (TPSA) is 26.2 Å². The van der Waals surface area contributed by atoms with Crippen LogP contribution in [0.3, 0.4) is 0 Å². The van der Waals surface area contributed by atoms with Crippen LogP contribution >= 0.6 is 31.9 Å². The third-order valence-corrected chi connectivity index (χ3v) is 3.51. The van der Waals surface area contributed by atoms with Crippen molar-refractivity contribution in [2.75, 3.05) is 12.5 Å². The van der Waals surface area contributed by atoms with Crippen LogP contribution in [-0.2, 0) is 6.54 Å². The summed E-state index contributed by atoms with van der Waals surface area (Å²) in [6.07, 6.45) is 3.93. The molecule has 0 radical (unpaired) electrons. The molecule has 0 aliphatic rings. The maximum Gasteiger partial charge on any atom is 0.147 e. The quantitative estimate of drug-likeness (QED) is 0.899. The first kappa shape index (κ1) is 12.5. The van der Waals surface area contributed by atoms with Crippen molar-refractivity contribution < 1.29 is 4.74 Å². The Morgan fingerprint density at radius 3 is 2.29 bits per heavy atom. The van der Waals surface area contributed by atoms with Crippen molar-refractivity contribution in [2.24, 2.45) is 0 Å². The fraction of sp³-hybridized carbons (Fsp3) is 0.167. The second-order valence-electron chi connectivity index (χ2n) is 3.52. The molecule has 0 spiro atoms. The Balaban J connectivity index is 2.12. The normalized spacial score (nSPS) is 10.3. The van der Waals surface area contributed by atoms with Gasteiger partial charge in [0.2, 0.25) is 0 Å². The fourth-order valence-corrected chi connectivity index (χ4v) is 3.14. The molecule has 17 heavy (non-hydrogen) atoms. The summed E-state index contributed by atoms with van der Waals surface area (Å²) < 4.78 is 9.07. The zero-order valence-electron chi connectivity index (χ0n) is 9.28. The van der Waals surface area contributed by atoms with Crippen molar-refractivity contribution in [3.8, 4) is 5.75 Å². The van der Waals surface area contributed by atoms with E-state index >= 15 is 0 Å². The van der Waals surface area contributed by atoms with Gasteiger partial charge in [0, 0.05) is 12.4 Å². The number of hydrogen-bond donors (Lipinski definition) is 1. The lowest BCUT2D eigenvalue weighted by molar-refractivity contribution is 0.409. The molecule has 0 unspecified atom stereocenters. The van der Waals surface area contributed by atoms with E-state index < -0.39 is 0 Å². The van der Waals surface area contributed by atoms with E-state index in [-0.39, 0.29) is 0 Å². The summed E-state index contributed by atoms with van der Waals surface area (Å²) in [5, 5.41) is 0. The van der Waals surface area contributed by atoms with Gasteiger partial charge in [-0.05, 0) is 61.7 Å². The SMILES string of the molecule is COc1c(Br)cc(CNn2cccc2)cc1Br. The summed E-state index contributed by atoms with van der Waals surface area (Å²) in [6.45, 7) is 0.746. The number of aromatic nitrogens is 1. The smallest absolute Gasteiger partial charge is 0.147 e. The number of ether oxygens (including phenoxy) is 1. The Labute approximate surface area is 117 Å². The van der Waals surface area contributed by atoms with Crippen molar-refractivity contribution in [1.29, 1.82) is 0 Å². The van der Waals surface area contributed by atoms with Crippen molar-refractivity contribution in [3.63, 3.8) is 0 Å². The van der Waals surface area contributed by atoms with E-state index in [9.17, 15) is 0 Å². The van der Waals surface area contributed by atoms with Crippen LogP contribution in [0.1, 0.15) is 5.56 Å². The Kier molecular flexibility index (Phi) is 4.12.